The van der Waals surface area contributed by atoms with Gasteiger partial charge >= 0.3 is 5.97 Å². The van der Waals surface area contributed by atoms with E-state index < -0.39 is 12.1 Å². The third-order valence-corrected chi connectivity index (χ3v) is 1.93. The SMILES string of the molecule is CCOC(=O)CNC(=O)[C@H]1CNCCO1.Cl. The van der Waals surface area contributed by atoms with Gasteiger partial charge in [-0.15, -0.1) is 12.4 Å². The summed E-state index contributed by atoms with van der Waals surface area (Å²) in [7, 11) is 0. The smallest absolute Gasteiger partial charge is 0.325 e. The Morgan fingerprint density at radius 2 is 2.31 bits per heavy atom. The Bertz CT molecular complexity index is 232. The standard InChI is InChI=1S/C9H16N2O4.ClH/c1-2-14-8(12)6-11-9(13)7-5-10-3-4-15-7;/h7,10H,2-6H2,1H3,(H,11,13);1H/t7-;/m1./s1. The molecule has 1 heterocycles. The number of morpholine rings is 1. The van der Waals surface area contributed by atoms with Crippen LogP contribution < -0.4 is 10.6 Å². The predicted molar refractivity (Wildman–Crippen MR) is 59.5 cm³/mol. The van der Waals surface area contributed by atoms with E-state index in [1.54, 1.807) is 6.92 Å². The van der Waals surface area contributed by atoms with Gasteiger partial charge in [-0.05, 0) is 6.92 Å². The first kappa shape index (κ1) is 15.2. The van der Waals surface area contributed by atoms with Crippen LogP contribution in [0.5, 0.6) is 0 Å². The van der Waals surface area contributed by atoms with Crippen molar-refractivity contribution in [3.63, 3.8) is 0 Å². The van der Waals surface area contributed by atoms with Gasteiger partial charge in [-0.1, -0.05) is 0 Å². The van der Waals surface area contributed by atoms with Gasteiger partial charge in [-0.25, -0.2) is 0 Å². The molecule has 1 aliphatic rings. The van der Waals surface area contributed by atoms with Crippen molar-refractivity contribution in [2.24, 2.45) is 0 Å². The number of nitrogens with one attached hydrogen (secondary N) is 2. The normalized spacial score (nSPS) is 19.4. The van der Waals surface area contributed by atoms with Gasteiger partial charge in [0.2, 0.25) is 0 Å². The van der Waals surface area contributed by atoms with Crippen molar-refractivity contribution in [1.29, 1.82) is 0 Å². The maximum absolute atomic E-state index is 11.4. The Balaban J connectivity index is 0.00000225. The van der Waals surface area contributed by atoms with Gasteiger partial charge in [0.1, 0.15) is 12.6 Å². The first-order valence-electron chi connectivity index (χ1n) is 4.99. The van der Waals surface area contributed by atoms with E-state index in [-0.39, 0.29) is 24.9 Å². The van der Waals surface area contributed by atoms with Gasteiger partial charge in [0.05, 0.1) is 13.2 Å². The van der Waals surface area contributed by atoms with E-state index in [0.717, 1.165) is 6.54 Å². The molecule has 0 aromatic heterocycles. The molecule has 1 atom stereocenters. The van der Waals surface area contributed by atoms with Crippen LogP contribution in [0.25, 0.3) is 0 Å². The molecule has 7 heteroatoms. The highest BCUT2D eigenvalue weighted by Crippen LogP contribution is 1.95. The van der Waals surface area contributed by atoms with Gasteiger partial charge in [0, 0.05) is 13.1 Å². The molecule has 0 aliphatic carbocycles. The van der Waals surface area contributed by atoms with Crippen LogP contribution in [0.3, 0.4) is 0 Å². The third-order valence-electron chi connectivity index (χ3n) is 1.93. The molecule has 0 spiro atoms. The Hall–Kier alpha value is -0.850. The fraction of sp³-hybridized carbons (Fsp3) is 0.778. The van der Waals surface area contributed by atoms with Crippen LogP contribution in [0.4, 0.5) is 0 Å². The summed E-state index contributed by atoms with van der Waals surface area (Å²) in [4.78, 5) is 22.4. The maximum atomic E-state index is 11.4. The largest absolute Gasteiger partial charge is 0.465 e. The van der Waals surface area contributed by atoms with Crippen molar-refractivity contribution < 1.29 is 19.1 Å². The third kappa shape index (κ3) is 5.29. The Morgan fingerprint density at radius 3 is 2.88 bits per heavy atom. The second-order valence-corrected chi connectivity index (χ2v) is 3.09. The average molecular weight is 253 g/mol. The molecular formula is C9H17ClN2O4. The summed E-state index contributed by atoms with van der Waals surface area (Å²) in [5.41, 5.74) is 0. The van der Waals surface area contributed by atoms with Gasteiger partial charge in [0.15, 0.2) is 0 Å². The van der Waals surface area contributed by atoms with Crippen LogP contribution >= 0.6 is 12.4 Å². The number of hydrogen-bond acceptors (Lipinski definition) is 5. The molecule has 94 valence electrons. The minimum atomic E-state index is -0.506. The Morgan fingerprint density at radius 1 is 1.56 bits per heavy atom. The lowest BCUT2D eigenvalue weighted by molar-refractivity contribution is -0.145. The number of carbonyl (C=O) groups is 2. The first-order valence-corrected chi connectivity index (χ1v) is 4.99. The molecule has 6 nitrogen and oxygen atoms in total. The molecule has 1 fully saturated rings. The average Bonchev–Trinajstić information content (AvgIpc) is 2.27. The molecule has 0 radical (unpaired) electrons. The second-order valence-electron chi connectivity index (χ2n) is 3.09. The van der Waals surface area contributed by atoms with Crippen LogP contribution in [-0.2, 0) is 19.1 Å². The minimum absolute atomic E-state index is 0. The lowest BCUT2D eigenvalue weighted by Gasteiger charge is -2.22. The molecule has 16 heavy (non-hydrogen) atoms. The van der Waals surface area contributed by atoms with E-state index in [2.05, 4.69) is 15.4 Å². The molecule has 0 saturated carbocycles. The molecular weight excluding hydrogens is 236 g/mol. The fourth-order valence-corrected chi connectivity index (χ4v) is 1.22. The Kier molecular flexibility index (Phi) is 7.88. The van der Waals surface area contributed by atoms with Crippen LogP contribution in [0.2, 0.25) is 0 Å². The lowest BCUT2D eigenvalue weighted by Crippen LogP contribution is -2.48. The zero-order chi connectivity index (χ0) is 11.1. The molecule has 0 bridgehead atoms. The van der Waals surface area contributed by atoms with Crippen molar-refractivity contribution >= 4 is 24.3 Å². The van der Waals surface area contributed by atoms with Gasteiger partial charge in [0.25, 0.3) is 5.91 Å². The summed E-state index contributed by atoms with van der Waals surface area (Å²) >= 11 is 0. The molecule has 1 aliphatic heterocycles. The zero-order valence-corrected chi connectivity index (χ0v) is 9.97. The predicted octanol–water partition coefficient (Wildman–Crippen LogP) is -0.924. The van der Waals surface area contributed by atoms with E-state index in [1.165, 1.54) is 0 Å². The molecule has 1 rings (SSSR count). The highest BCUT2D eigenvalue weighted by molar-refractivity contribution is 5.85. The van der Waals surface area contributed by atoms with E-state index in [4.69, 9.17) is 4.74 Å². The van der Waals surface area contributed by atoms with Crippen LogP contribution in [0.15, 0.2) is 0 Å². The summed E-state index contributed by atoms with van der Waals surface area (Å²) in [5.74, 6) is -0.718. The lowest BCUT2D eigenvalue weighted by atomic mass is 10.3. The van der Waals surface area contributed by atoms with Crippen LogP contribution in [-0.4, -0.2) is 50.8 Å². The zero-order valence-electron chi connectivity index (χ0n) is 9.15. The minimum Gasteiger partial charge on any atom is -0.465 e. The number of rotatable bonds is 4. The number of hydrogen-bond donors (Lipinski definition) is 2. The highest BCUT2D eigenvalue weighted by Gasteiger charge is 2.21. The van der Waals surface area contributed by atoms with Crippen LogP contribution in [0, 0.1) is 0 Å². The number of carbonyl (C=O) groups excluding carboxylic acids is 2. The van der Waals surface area contributed by atoms with E-state index >= 15 is 0 Å². The topological polar surface area (TPSA) is 76.7 Å². The number of ether oxygens (including phenoxy) is 2. The van der Waals surface area contributed by atoms with Crippen molar-refractivity contribution in [2.45, 2.75) is 13.0 Å². The summed E-state index contributed by atoms with van der Waals surface area (Å²) in [6, 6.07) is 0. The van der Waals surface area contributed by atoms with Crippen molar-refractivity contribution in [2.75, 3.05) is 32.8 Å². The molecule has 0 aromatic carbocycles. The summed E-state index contributed by atoms with van der Waals surface area (Å²) in [5, 5.41) is 5.48. The molecule has 0 aromatic rings. The number of halogens is 1. The number of esters is 1. The number of amides is 1. The quantitative estimate of drug-likeness (QED) is 0.633. The maximum Gasteiger partial charge on any atom is 0.325 e. The van der Waals surface area contributed by atoms with Crippen molar-refractivity contribution in [3.05, 3.63) is 0 Å². The fourth-order valence-electron chi connectivity index (χ4n) is 1.22. The molecule has 0 unspecified atom stereocenters. The van der Waals surface area contributed by atoms with E-state index in [9.17, 15) is 9.59 Å². The highest BCUT2D eigenvalue weighted by atomic mass is 35.5. The van der Waals surface area contributed by atoms with Gasteiger partial charge < -0.3 is 20.1 Å². The van der Waals surface area contributed by atoms with Gasteiger partial charge in [-0.2, -0.15) is 0 Å². The molecule has 2 N–H and O–H groups in total. The monoisotopic (exact) mass is 252 g/mol. The summed E-state index contributed by atoms with van der Waals surface area (Å²) in [6.07, 6.45) is -0.506. The first-order chi connectivity index (χ1) is 7.24. The van der Waals surface area contributed by atoms with Crippen molar-refractivity contribution in [1.82, 2.24) is 10.6 Å². The van der Waals surface area contributed by atoms with Gasteiger partial charge in [-0.3, -0.25) is 9.59 Å². The summed E-state index contributed by atoms with van der Waals surface area (Å²) < 4.78 is 9.87. The Labute approximate surface area is 100 Å². The molecule has 1 amide bonds. The summed E-state index contributed by atoms with van der Waals surface area (Å²) in [6.45, 7) is 3.67. The molecule has 1 saturated heterocycles. The van der Waals surface area contributed by atoms with E-state index in [1.807, 2.05) is 0 Å². The van der Waals surface area contributed by atoms with Crippen LogP contribution in [0.1, 0.15) is 6.92 Å². The second kappa shape index (κ2) is 8.32. The van der Waals surface area contributed by atoms with E-state index in [0.29, 0.717) is 19.8 Å². The van der Waals surface area contributed by atoms with Crippen molar-refractivity contribution in [3.8, 4) is 0 Å².